The van der Waals surface area contributed by atoms with E-state index in [1.54, 1.807) is 30.3 Å². The fourth-order valence-corrected chi connectivity index (χ4v) is 2.45. The zero-order valence-corrected chi connectivity index (χ0v) is 14.6. The Morgan fingerprint density at radius 1 is 1.11 bits per heavy atom. The van der Waals surface area contributed by atoms with E-state index < -0.39 is 16.7 Å². The number of para-hydroxylation sites is 2. The Morgan fingerprint density at radius 2 is 1.89 bits per heavy atom. The first-order valence-electron chi connectivity index (χ1n) is 8.03. The second-order valence-electron chi connectivity index (χ2n) is 5.54. The summed E-state index contributed by atoms with van der Waals surface area (Å²) in [5.74, 6) is -0.806. The van der Waals surface area contributed by atoms with Gasteiger partial charge in [0.25, 0.3) is 17.5 Å². The molecule has 10 heteroatoms. The van der Waals surface area contributed by atoms with Crippen molar-refractivity contribution in [3.8, 4) is 5.75 Å². The van der Waals surface area contributed by atoms with Crippen molar-refractivity contribution in [1.82, 2.24) is 9.97 Å². The Hall–Kier alpha value is -4.21. The van der Waals surface area contributed by atoms with Gasteiger partial charge in [-0.1, -0.05) is 18.2 Å². The molecule has 0 bridgehead atoms. The van der Waals surface area contributed by atoms with Crippen LogP contribution >= 0.6 is 0 Å². The van der Waals surface area contributed by atoms with Gasteiger partial charge in [0.05, 0.1) is 18.4 Å². The number of hydrogen-bond acceptors (Lipinski definition) is 6. The summed E-state index contributed by atoms with van der Waals surface area (Å²) in [6.07, 6.45) is 1.19. The first-order valence-corrected chi connectivity index (χ1v) is 8.03. The van der Waals surface area contributed by atoms with Crippen molar-refractivity contribution in [2.75, 3.05) is 17.7 Å². The SMILES string of the molecule is COc1cccc(NC(=O)c2nc[nH]c2C(=O)Nc2ccccc2[N+](=O)[O-])c1. The molecule has 3 aromatic rings. The molecule has 0 atom stereocenters. The summed E-state index contributed by atoms with van der Waals surface area (Å²) in [7, 11) is 1.50. The Morgan fingerprint density at radius 3 is 2.64 bits per heavy atom. The summed E-state index contributed by atoms with van der Waals surface area (Å²) in [5, 5.41) is 16.1. The van der Waals surface area contributed by atoms with E-state index in [1.165, 1.54) is 31.6 Å². The van der Waals surface area contributed by atoms with Gasteiger partial charge in [-0.3, -0.25) is 19.7 Å². The van der Waals surface area contributed by atoms with E-state index in [4.69, 9.17) is 4.74 Å². The predicted molar refractivity (Wildman–Crippen MR) is 101 cm³/mol. The minimum atomic E-state index is -0.734. The highest BCUT2D eigenvalue weighted by molar-refractivity contribution is 6.13. The van der Waals surface area contributed by atoms with Crippen molar-refractivity contribution in [1.29, 1.82) is 0 Å². The number of benzene rings is 2. The number of carbonyl (C=O) groups excluding carboxylic acids is 2. The monoisotopic (exact) mass is 381 g/mol. The summed E-state index contributed by atoms with van der Waals surface area (Å²) < 4.78 is 5.09. The quantitative estimate of drug-likeness (QED) is 0.443. The fourth-order valence-electron chi connectivity index (χ4n) is 2.45. The van der Waals surface area contributed by atoms with Crippen LogP contribution in [0.2, 0.25) is 0 Å². The second-order valence-corrected chi connectivity index (χ2v) is 5.54. The van der Waals surface area contributed by atoms with Gasteiger partial charge in [-0.25, -0.2) is 4.98 Å². The lowest BCUT2D eigenvalue weighted by Crippen LogP contribution is -2.20. The van der Waals surface area contributed by atoms with Crippen molar-refractivity contribution >= 4 is 28.9 Å². The van der Waals surface area contributed by atoms with Crippen molar-refractivity contribution in [3.05, 3.63) is 76.4 Å². The van der Waals surface area contributed by atoms with E-state index in [1.807, 2.05) is 0 Å². The van der Waals surface area contributed by atoms with Gasteiger partial charge in [0.2, 0.25) is 0 Å². The van der Waals surface area contributed by atoms with E-state index in [-0.39, 0.29) is 22.8 Å². The van der Waals surface area contributed by atoms with Gasteiger partial charge in [-0.05, 0) is 18.2 Å². The zero-order chi connectivity index (χ0) is 20.1. The zero-order valence-electron chi connectivity index (χ0n) is 14.6. The molecule has 0 aliphatic rings. The van der Waals surface area contributed by atoms with E-state index >= 15 is 0 Å². The van der Waals surface area contributed by atoms with Crippen LogP contribution in [0, 0.1) is 10.1 Å². The Kier molecular flexibility index (Phi) is 5.30. The van der Waals surface area contributed by atoms with Crippen LogP contribution in [0.25, 0.3) is 0 Å². The van der Waals surface area contributed by atoms with E-state index in [0.717, 1.165) is 0 Å². The number of aromatic nitrogens is 2. The van der Waals surface area contributed by atoms with Crippen LogP contribution in [0.4, 0.5) is 17.1 Å². The summed E-state index contributed by atoms with van der Waals surface area (Å²) in [6, 6.07) is 12.4. The number of rotatable bonds is 6. The van der Waals surface area contributed by atoms with Gasteiger partial charge in [0.1, 0.15) is 17.1 Å². The third-order valence-electron chi connectivity index (χ3n) is 3.76. The number of imidazole rings is 1. The first kappa shape index (κ1) is 18.6. The average Bonchev–Trinajstić information content (AvgIpc) is 3.18. The number of aromatic amines is 1. The standard InChI is InChI=1S/C18H15N5O5/c1-28-12-6-4-5-11(9-12)21-17(24)15-16(20-10-19-15)18(25)22-13-7-2-3-8-14(13)23(26)27/h2-10H,1H3,(H,19,20)(H,21,24)(H,22,25). The third kappa shape index (κ3) is 3.96. The van der Waals surface area contributed by atoms with Crippen LogP contribution in [0.3, 0.4) is 0 Å². The van der Waals surface area contributed by atoms with Gasteiger partial charge in [-0.15, -0.1) is 0 Å². The molecule has 0 fully saturated rings. The fraction of sp³-hybridized carbons (Fsp3) is 0.0556. The maximum Gasteiger partial charge on any atom is 0.292 e. The number of H-pyrrole nitrogens is 1. The lowest BCUT2D eigenvalue weighted by atomic mass is 10.2. The van der Waals surface area contributed by atoms with Gasteiger partial charge in [0, 0.05) is 17.8 Å². The molecule has 2 amide bonds. The van der Waals surface area contributed by atoms with E-state index in [9.17, 15) is 19.7 Å². The molecule has 0 saturated carbocycles. The molecule has 1 aromatic heterocycles. The summed E-state index contributed by atoms with van der Waals surface area (Å²) in [5.41, 5.74) is -0.0844. The number of nitro groups is 1. The van der Waals surface area contributed by atoms with Crippen LogP contribution in [0.1, 0.15) is 21.0 Å². The van der Waals surface area contributed by atoms with Crippen molar-refractivity contribution < 1.29 is 19.2 Å². The number of carbonyl (C=O) groups is 2. The van der Waals surface area contributed by atoms with Crippen molar-refractivity contribution in [3.63, 3.8) is 0 Å². The Bertz CT molecular complexity index is 1050. The van der Waals surface area contributed by atoms with E-state index in [0.29, 0.717) is 11.4 Å². The highest BCUT2D eigenvalue weighted by atomic mass is 16.6. The number of nitrogens with zero attached hydrogens (tertiary/aromatic N) is 2. The largest absolute Gasteiger partial charge is 0.497 e. The van der Waals surface area contributed by atoms with Crippen molar-refractivity contribution in [2.24, 2.45) is 0 Å². The van der Waals surface area contributed by atoms with Crippen LogP contribution in [-0.2, 0) is 0 Å². The molecular formula is C18H15N5O5. The number of hydrogen-bond donors (Lipinski definition) is 3. The normalized spacial score (nSPS) is 10.2. The highest BCUT2D eigenvalue weighted by Crippen LogP contribution is 2.24. The molecule has 1 heterocycles. The molecule has 28 heavy (non-hydrogen) atoms. The smallest absolute Gasteiger partial charge is 0.292 e. The third-order valence-corrected chi connectivity index (χ3v) is 3.76. The topological polar surface area (TPSA) is 139 Å². The Labute approximate surface area is 158 Å². The Balaban J connectivity index is 1.80. The summed E-state index contributed by atoms with van der Waals surface area (Å²) >= 11 is 0. The van der Waals surface area contributed by atoms with Gasteiger partial charge >= 0.3 is 0 Å². The van der Waals surface area contributed by atoms with Gasteiger partial charge < -0.3 is 20.4 Å². The highest BCUT2D eigenvalue weighted by Gasteiger charge is 2.23. The molecule has 0 aliphatic heterocycles. The lowest BCUT2D eigenvalue weighted by Gasteiger charge is -2.08. The van der Waals surface area contributed by atoms with Crippen molar-refractivity contribution in [2.45, 2.75) is 0 Å². The predicted octanol–water partition coefficient (Wildman–Crippen LogP) is 2.83. The maximum absolute atomic E-state index is 12.5. The van der Waals surface area contributed by atoms with Crippen LogP contribution in [-0.4, -0.2) is 33.8 Å². The minimum absolute atomic E-state index is 0.00579. The van der Waals surface area contributed by atoms with Gasteiger partial charge in [-0.2, -0.15) is 0 Å². The lowest BCUT2D eigenvalue weighted by molar-refractivity contribution is -0.383. The molecule has 2 aromatic carbocycles. The number of ether oxygens (including phenoxy) is 1. The van der Waals surface area contributed by atoms with Gasteiger partial charge in [0.15, 0.2) is 5.69 Å². The molecule has 3 N–H and O–H groups in total. The van der Waals surface area contributed by atoms with E-state index in [2.05, 4.69) is 20.6 Å². The molecule has 0 aliphatic carbocycles. The number of amides is 2. The molecule has 0 unspecified atom stereocenters. The molecule has 0 spiro atoms. The first-order chi connectivity index (χ1) is 13.5. The summed E-state index contributed by atoms with van der Waals surface area (Å²) in [6.45, 7) is 0. The molecular weight excluding hydrogens is 366 g/mol. The molecule has 0 saturated heterocycles. The minimum Gasteiger partial charge on any atom is -0.497 e. The molecule has 142 valence electrons. The second kappa shape index (κ2) is 7.99. The summed E-state index contributed by atoms with van der Waals surface area (Å²) in [4.78, 5) is 42.0. The van der Waals surface area contributed by atoms with Crippen LogP contribution in [0.5, 0.6) is 5.75 Å². The molecule has 0 radical (unpaired) electrons. The number of nitrogens with one attached hydrogen (secondary N) is 3. The maximum atomic E-state index is 12.5. The molecule has 10 nitrogen and oxygen atoms in total. The van der Waals surface area contributed by atoms with Crippen LogP contribution in [0.15, 0.2) is 54.9 Å². The van der Waals surface area contributed by atoms with Crippen LogP contribution < -0.4 is 15.4 Å². The molecule has 3 rings (SSSR count). The number of nitro benzene ring substituents is 1. The number of anilines is 2. The number of methoxy groups -OCH3 is 1. The average molecular weight is 381 g/mol.